The predicted molar refractivity (Wildman–Crippen MR) is 39.7 cm³/mol. The Morgan fingerprint density at radius 3 is 2.82 bits per heavy atom. The fourth-order valence-electron chi connectivity index (χ4n) is 1.56. The average molecular weight is 156 g/mol. The number of carbonyl (C=O) groups excluding carboxylic acids is 1. The van der Waals surface area contributed by atoms with E-state index in [1.165, 1.54) is 0 Å². The molecular formula is C8H12O3. The van der Waals surface area contributed by atoms with Crippen LogP contribution in [-0.2, 0) is 9.68 Å². The van der Waals surface area contributed by atoms with Crippen LogP contribution in [-0.4, -0.2) is 11.2 Å². The normalized spacial score (nSPS) is 29.9. The molecule has 1 aliphatic rings. The second kappa shape index (κ2) is 3.05. The van der Waals surface area contributed by atoms with Gasteiger partial charge < -0.3 is 4.89 Å². The van der Waals surface area contributed by atoms with Crippen LogP contribution in [0.2, 0.25) is 0 Å². The predicted octanol–water partition coefficient (Wildman–Crippen LogP) is 1.60. The molecule has 1 rings (SSSR count). The van der Waals surface area contributed by atoms with Gasteiger partial charge in [-0.1, -0.05) is 18.6 Å². The number of rotatable bonds is 1. The lowest BCUT2D eigenvalue weighted by molar-refractivity contribution is -0.238. The Bertz CT molecular complexity index is 196. The van der Waals surface area contributed by atoms with Crippen LogP contribution in [0.4, 0.5) is 0 Å². The van der Waals surface area contributed by atoms with Crippen LogP contribution in [0, 0.1) is 11.8 Å². The molecule has 2 atom stereocenters. The monoisotopic (exact) mass is 156 g/mol. The molecule has 62 valence electrons. The molecule has 3 nitrogen and oxygen atoms in total. The Kier molecular flexibility index (Phi) is 2.29. The minimum atomic E-state index is -0.538. The first-order valence-electron chi connectivity index (χ1n) is 3.68. The second-order valence-electron chi connectivity index (χ2n) is 3.05. The van der Waals surface area contributed by atoms with E-state index in [9.17, 15) is 4.79 Å². The van der Waals surface area contributed by atoms with Crippen LogP contribution in [0.1, 0.15) is 20.3 Å². The summed E-state index contributed by atoms with van der Waals surface area (Å²) in [4.78, 5) is 14.6. The summed E-state index contributed by atoms with van der Waals surface area (Å²) in [7, 11) is 0. The molecule has 1 N–H and O–H groups in total. The minimum absolute atomic E-state index is 0.236. The minimum Gasteiger partial charge on any atom is -0.300 e. The molecule has 3 heteroatoms. The van der Waals surface area contributed by atoms with Crippen molar-refractivity contribution < 1.29 is 14.9 Å². The average Bonchev–Trinajstić information content (AvgIpc) is 2.30. The van der Waals surface area contributed by atoms with Gasteiger partial charge in [-0.3, -0.25) is 0 Å². The number of allylic oxidation sites excluding steroid dienone is 1. The van der Waals surface area contributed by atoms with Gasteiger partial charge in [0.05, 0.1) is 5.92 Å². The van der Waals surface area contributed by atoms with Gasteiger partial charge in [0.15, 0.2) is 0 Å². The molecule has 2 unspecified atom stereocenters. The van der Waals surface area contributed by atoms with Gasteiger partial charge in [-0.05, 0) is 19.3 Å². The largest absolute Gasteiger partial charge is 0.349 e. The van der Waals surface area contributed by atoms with Gasteiger partial charge in [0.25, 0.3) is 0 Å². The van der Waals surface area contributed by atoms with E-state index < -0.39 is 5.97 Å². The maximum absolute atomic E-state index is 10.9. The van der Waals surface area contributed by atoms with Crippen molar-refractivity contribution in [2.75, 3.05) is 0 Å². The quantitative estimate of drug-likeness (QED) is 0.356. The molecule has 0 heterocycles. The van der Waals surface area contributed by atoms with Crippen LogP contribution < -0.4 is 0 Å². The zero-order chi connectivity index (χ0) is 8.43. The van der Waals surface area contributed by atoms with E-state index in [0.29, 0.717) is 0 Å². The van der Waals surface area contributed by atoms with Gasteiger partial charge in [-0.25, -0.2) is 4.79 Å². The van der Waals surface area contributed by atoms with Gasteiger partial charge in [0.2, 0.25) is 0 Å². The van der Waals surface area contributed by atoms with E-state index >= 15 is 0 Å². The number of carbonyl (C=O) groups is 1. The van der Waals surface area contributed by atoms with Crippen LogP contribution in [0.25, 0.3) is 0 Å². The Labute approximate surface area is 65.6 Å². The Morgan fingerprint density at radius 1 is 1.82 bits per heavy atom. The summed E-state index contributed by atoms with van der Waals surface area (Å²) < 4.78 is 0. The van der Waals surface area contributed by atoms with Gasteiger partial charge in [-0.15, -0.1) is 0 Å². The first-order valence-corrected chi connectivity index (χ1v) is 3.68. The summed E-state index contributed by atoms with van der Waals surface area (Å²) in [6, 6.07) is 0. The molecule has 0 amide bonds. The van der Waals surface area contributed by atoms with Crippen LogP contribution >= 0.6 is 0 Å². The van der Waals surface area contributed by atoms with Crippen molar-refractivity contribution in [3.63, 3.8) is 0 Å². The molecule has 0 radical (unpaired) electrons. The standard InChI is InChI=1S/C8H12O3/c1-5-3-4-6(2)7(5)8(9)11-10/h3,6-7,10H,4H2,1-2H3. The number of hydrogen-bond acceptors (Lipinski definition) is 3. The highest BCUT2D eigenvalue weighted by Crippen LogP contribution is 2.31. The number of hydrogen-bond donors (Lipinski definition) is 1. The van der Waals surface area contributed by atoms with Crippen molar-refractivity contribution >= 4 is 5.97 Å². The molecule has 1 aliphatic carbocycles. The lowest BCUT2D eigenvalue weighted by Crippen LogP contribution is -2.20. The van der Waals surface area contributed by atoms with Crippen molar-refractivity contribution in [1.29, 1.82) is 0 Å². The summed E-state index contributed by atoms with van der Waals surface area (Å²) >= 11 is 0. The third-order valence-electron chi connectivity index (χ3n) is 2.22. The molecule has 0 saturated carbocycles. The fourth-order valence-corrected chi connectivity index (χ4v) is 1.56. The van der Waals surface area contributed by atoms with E-state index in [-0.39, 0.29) is 11.8 Å². The van der Waals surface area contributed by atoms with Crippen molar-refractivity contribution in [1.82, 2.24) is 0 Å². The van der Waals surface area contributed by atoms with E-state index in [0.717, 1.165) is 12.0 Å². The van der Waals surface area contributed by atoms with Gasteiger partial charge >= 0.3 is 5.97 Å². The molecule has 11 heavy (non-hydrogen) atoms. The molecule has 0 aromatic carbocycles. The van der Waals surface area contributed by atoms with Crippen molar-refractivity contribution in [2.24, 2.45) is 11.8 Å². The topological polar surface area (TPSA) is 46.5 Å². The first kappa shape index (κ1) is 8.27. The molecule has 0 aromatic rings. The van der Waals surface area contributed by atoms with Gasteiger partial charge in [-0.2, -0.15) is 5.26 Å². The lowest BCUT2D eigenvalue weighted by Gasteiger charge is -2.12. The Morgan fingerprint density at radius 2 is 2.45 bits per heavy atom. The lowest BCUT2D eigenvalue weighted by atomic mass is 9.94. The summed E-state index contributed by atoms with van der Waals surface area (Å²) in [5, 5.41) is 8.15. The highest BCUT2D eigenvalue weighted by atomic mass is 17.1. The molecule has 0 aromatic heterocycles. The molecule has 0 saturated heterocycles. The fraction of sp³-hybridized carbons (Fsp3) is 0.625. The van der Waals surface area contributed by atoms with Crippen molar-refractivity contribution in [3.8, 4) is 0 Å². The molecule has 0 fully saturated rings. The molecule has 0 bridgehead atoms. The van der Waals surface area contributed by atoms with E-state index in [1.807, 2.05) is 19.9 Å². The zero-order valence-electron chi connectivity index (χ0n) is 6.70. The van der Waals surface area contributed by atoms with Crippen LogP contribution in [0.15, 0.2) is 11.6 Å². The summed E-state index contributed by atoms with van der Waals surface area (Å²) in [6.45, 7) is 3.85. The molecular weight excluding hydrogens is 144 g/mol. The first-order chi connectivity index (χ1) is 5.16. The van der Waals surface area contributed by atoms with Crippen molar-refractivity contribution in [2.45, 2.75) is 20.3 Å². The molecule has 0 spiro atoms. The third-order valence-corrected chi connectivity index (χ3v) is 2.22. The van der Waals surface area contributed by atoms with Crippen molar-refractivity contribution in [3.05, 3.63) is 11.6 Å². The smallest absolute Gasteiger partial charge is 0.300 e. The zero-order valence-corrected chi connectivity index (χ0v) is 6.70. The Hall–Kier alpha value is -0.830. The third kappa shape index (κ3) is 1.43. The van der Waals surface area contributed by atoms with Gasteiger partial charge in [0.1, 0.15) is 0 Å². The second-order valence-corrected chi connectivity index (χ2v) is 3.05. The molecule has 0 aliphatic heterocycles. The SMILES string of the molecule is CC1=CCC(C)C1C(=O)OO. The van der Waals surface area contributed by atoms with E-state index in [2.05, 4.69) is 4.89 Å². The van der Waals surface area contributed by atoms with Gasteiger partial charge in [0, 0.05) is 0 Å². The maximum atomic E-state index is 10.9. The highest BCUT2D eigenvalue weighted by Gasteiger charge is 2.31. The van der Waals surface area contributed by atoms with E-state index in [4.69, 9.17) is 5.26 Å². The Balaban J connectivity index is 2.70. The maximum Gasteiger partial charge on any atom is 0.349 e. The summed E-state index contributed by atoms with van der Waals surface area (Å²) in [6.07, 6.45) is 2.90. The summed E-state index contributed by atoms with van der Waals surface area (Å²) in [5.41, 5.74) is 0.997. The van der Waals surface area contributed by atoms with Crippen LogP contribution in [0.5, 0.6) is 0 Å². The highest BCUT2D eigenvalue weighted by molar-refractivity contribution is 5.76. The summed E-state index contributed by atoms with van der Waals surface area (Å²) in [5.74, 6) is -0.515. The van der Waals surface area contributed by atoms with Crippen LogP contribution in [0.3, 0.4) is 0 Å². The van der Waals surface area contributed by atoms with E-state index in [1.54, 1.807) is 0 Å².